The molecule has 1 aliphatic rings. The van der Waals surface area contributed by atoms with Crippen molar-refractivity contribution in [2.45, 2.75) is 51.9 Å². The number of nitrogens with two attached hydrogens (primary N) is 1. The lowest BCUT2D eigenvalue weighted by Gasteiger charge is -2.03. The standard InChI is InChI=1S/C6H13N.C3H8O2/c1-5-2-3-6(7)4-5;1-3(2,4)5/h5-6H,2-4,7H2,1H3;4-5H,1-2H3. The van der Waals surface area contributed by atoms with Crippen LogP contribution in [-0.2, 0) is 0 Å². The van der Waals surface area contributed by atoms with Gasteiger partial charge in [-0.05, 0) is 39.0 Å². The topological polar surface area (TPSA) is 66.5 Å². The number of rotatable bonds is 0. The number of hydrogen-bond donors (Lipinski definition) is 3. The van der Waals surface area contributed by atoms with Gasteiger partial charge in [0.15, 0.2) is 5.79 Å². The summed E-state index contributed by atoms with van der Waals surface area (Å²) in [5.41, 5.74) is 5.63. The summed E-state index contributed by atoms with van der Waals surface area (Å²) in [7, 11) is 0. The molecule has 0 aromatic carbocycles. The zero-order valence-corrected chi connectivity index (χ0v) is 8.25. The van der Waals surface area contributed by atoms with Crippen molar-refractivity contribution in [3.8, 4) is 0 Å². The van der Waals surface area contributed by atoms with E-state index in [0.717, 1.165) is 5.92 Å². The van der Waals surface area contributed by atoms with Crippen molar-refractivity contribution in [2.24, 2.45) is 11.7 Å². The Bertz CT molecular complexity index is 106. The lowest BCUT2D eigenvalue weighted by atomic mass is 10.1. The molecule has 3 heteroatoms. The highest BCUT2D eigenvalue weighted by Gasteiger charge is 2.16. The Morgan fingerprint density at radius 2 is 1.67 bits per heavy atom. The molecule has 0 amide bonds. The zero-order chi connectivity index (χ0) is 9.78. The van der Waals surface area contributed by atoms with E-state index < -0.39 is 5.79 Å². The van der Waals surface area contributed by atoms with E-state index in [1.54, 1.807) is 0 Å². The van der Waals surface area contributed by atoms with Crippen molar-refractivity contribution < 1.29 is 10.2 Å². The van der Waals surface area contributed by atoms with Gasteiger partial charge in [-0.15, -0.1) is 0 Å². The summed E-state index contributed by atoms with van der Waals surface area (Å²) in [5.74, 6) is -0.602. The molecular weight excluding hydrogens is 154 g/mol. The molecule has 0 saturated heterocycles. The molecule has 0 aromatic rings. The van der Waals surface area contributed by atoms with Crippen LogP contribution in [0.5, 0.6) is 0 Å². The van der Waals surface area contributed by atoms with Crippen molar-refractivity contribution in [1.29, 1.82) is 0 Å². The Balaban J connectivity index is 0.000000217. The van der Waals surface area contributed by atoms with Crippen LogP contribution < -0.4 is 5.73 Å². The molecule has 74 valence electrons. The predicted molar refractivity (Wildman–Crippen MR) is 49.5 cm³/mol. The van der Waals surface area contributed by atoms with E-state index in [9.17, 15) is 0 Å². The molecule has 1 saturated carbocycles. The zero-order valence-electron chi connectivity index (χ0n) is 8.25. The summed E-state index contributed by atoms with van der Waals surface area (Å²) >= 11 is 0. The monoisotopic (exact) mass is 175 g/mol. The second-order valence-electron chi connectivity index (χ2n) is 4.17. The lowest BCUT2D eigenvalue weighted by molar-refractivity contribution is -0.127. The van der Waals surface area contributed by atoms with E-state index in [4.69, 9.17) is 15.9 Å². The molecule has 3 nitrogen and oxygen atoms in total. The van der Waals surface area contributed by atoms with Crippen LogP contribution >= 0.6 is 0 Å². The molecule has 4 N–H and O–H groups in total. The summed E-state index contributed by atoms with van der Waals surface area (Å²) in [6.07, 6.45) is 3.85. The largest absolute Gasteiger partial charge is 0.366 e. The Hall–Kier alpha value is -0.120. The van der Waals surface area contributed by atoms with Gasteiger partial charge in [0, 0.05) is 6.04 Å². The van der Waals surface area contributed by atoms with Gasteiger partial charge < -0.3 is 15.9 Å². The summed E-state index contributed by atoms with van der Waals surface area (Å²) in [6.45, 7) is 4.87. The second-order valence-corrected chi connectivity index (χ2v) is 4.17. The normalized spacial score (nSPS) is 29.5. The van der Waals surface area contributed by atoms with Crippen LogP contribution in [0.4, 0.5) is 0 Å². The van der Waals surface area contributed by atoms with Crippen LogP contribution in [0.3, 0.4) is 0 Å². The Morgan fingerprint density at radius 3 is 1.75 bits per heavy atom. The van der Waals surface area contributed by atoms with Crippen molar-refractivity contribution in [3.63, 3.8) is 0 Å². The SMILES string of the molecule is CC(C)(O)O.CC1CCC(N)C1. The van der Waals surface area contributed by atoms with Gasteiger partial charge in [0.2, 0.25) is 0 Å². The van der Waals surface area contributed by atoms with Gasteiger partial charge >= 0.3 is 0 Å². The Kier molecular flexibility index (Phi) is 4.75. The molecular formula is C9H21NO2. The van der Waals surface area contributed by atoms with Crippen LogP contribution in [0, 0.1) is 5.92 Å². The van der Waals surface area contributed by atoms with Crippen molar-refractivity contribution in [2.75, 3.05) is 0 Å². The second kappa shape index (κ2) is 4.80. The molecule has 0 radical (unpaired) electrons. The highest BCUT2D eigenvalue weighted by Crippen LogP contribution is 2.22. The third-order valence-corrected chi connectivity index (χ3v) is 1.74. The van der Waals surface area contributed by atoms with Gasteiger partial charge in [0.05, 0.1) is 0 Å². The summed E-state index contributed by atoms with van der Waals surface area (Å²) < 4.78 is 0. The van der Waals surface area contributed by atoms with Crippen molar-refractivity contribution in [3.05, 3.63) is 0 Å². The van der Waals surface area contributed by atoms with E-state index in [2.05, 4.69) is 6.92 Å². The van der Waals surface area contributed by atoms with Crippen LogP contribution in [-0.4, -0.2) is 22.0 Å². The first-order valence-corrected chi connectivity index (χ1v) is 4.49. The van der Waals surface area contributed by atoms with E-state index in [1.165, 1.54) is 33.1 Å². The first kappa shape index (κ1) is 11.9. The quantitative estimate of drug-likeness (QED) is 0.478. The van der Waals surface area contributed by atoms with Gasteiger partial charge in [-0.2, -0.15) is 0 Å². The first-order chi connectivity index (χ1) is 5.29. The molecule has 1 rings (SSSR count). The molecule has 1 fully saturated rings. The highest BCUT2D eigenvalue weighted by atomic mass is 16.5. The molecule has 12 heavy (non-hydrogen) atoms. The van der Waals surface area contributed by atoms with Crippen LogP contribution in [0.2, 0.25) is 0 Å². The Morgan fingerprint density at radius 1 is 1.25 bits per heavy atom. The molecule has 0 spiro atoms. The first-order valence-electron chi connectivity index (χ1n) is 4.49. The van der Waals surface area contributed by atoms with Crippen LogP contribution in [0.1, 0.15) is 40.0 Å². The third kappa shape index (κ3) is 9.88. The lowest BCUT2D eigenvalue weighted by Crippen LogP contribution is -2.15. The van der Waals surface area contributed by atoms with E-state index >= 15 is 0 Å². The average Bonchev–Trinajstić information content (AvgIpc) is 2.09. The van der Waals surface area contributed by atoms with Crippen molar-refractivity contribution >= 4 is 0 Å². The molecule has 1 aliphatic carbocycles. The number of hydrogen-bond acceptors (Lipinski definition) is 3. The van der Waals surface area contributed by atoms with E-state index in [-0.39, 0.29) is 0 Å². The van der Waals surface area contributed by atoms with E-state index in [0.29, 0.717) is 6.04 Å². The molecule has 2 unspecified atom stereocenters. The maximum Gasteiger partial charge on any atom is 0.156 e. The van der Waals surface area contributed by atoms with E-state index in [1.807, 2.05) is 0 Å². The number of aliphatic hydroxyl groups is 2. The van der Waals surface area contributed by atoms with Gasteiger partial charge in [-0.25, -0.2) is 0 Å². The highest BCUT2D eigenvalue weighted by molar-refractivity contribution is 4.73. The maximum atomic E-state index is 8.08. The molecule has 0 bridgehead atoms. The van der Waals surface area contributed by atoms with Gasteiger partial charge in [-0.1, -0.05) is 6.92 Å². The minimum atomic E-state index is -1.50. The summed E-state index contributed by atoms with van der Waals surface area (Å²) in [5, 5.41) is 16.2. The fraction of sp³-hybridized carbons (Fsp3) is 1.00. The molecule has 0 aromatic heterocycles. The summed E-state index contributed by atoms with van der Waals surface area (Å²) in [4.78, 5) is 0. The van der Waals surface area contributed by atoms with Crippen LogP contribution in [0.25, 0.3) is 0 Å². The van der Waals surface area contributed by atoms with Gasteiger partial charge in [0.1, 0.15) is 0 Å². The third-order valence-electron chi connectivity index (χ3n) is 1.74. The molecule has 0 heterocycles. The fourth-order valence-electron chi connectivity index (χ4n) is 1.25. The molecule has 2 atom stereocenters. The molecule has 0 aliphatic heterocycles. The van der Waals surface area contributed by atoms with Crippen molar-refractivity contribution in [1.82, 2.24) is 0 Å². The van der Waals surface area contributed by atoms with Gasteiger partial charge in [-0.3, -0.25) is 0 Å². The summed E-state index contributed by atoms with van der Waals surface area (Å²) in [6, 6.07) is 0.523. The van der Waals surface area contributed by atoms with Crippen LogP contribution in [0.15, 0.2) is 0 Å². The average molecular weight is 175 g/mol. The maximum absolute atomic E-state index is 8.08. The minimum absolute atomic E-state index is 0.523. The predicted octanol–water partition coefficient (Wildman–Crippen LogP) is 0.841. The minimum Gasteiger partial charge on any atom is -0.366 e. The fourth-order valence-corrected chi connectivity index (χ4v) is 1.25. The van der Waals surface area contributed by atoms with Gasteiger partial charge in [0.25, 0.3) is 0 Å². The Labute approximate surface area is 74.6 Å². The smallest absolute Gasteiger partial charge is 0.156 e.